The predicted molar refractivity (Wildman–Crippen MR) is 67.8 cm³/mol. The average Bonchev–Trinajstić information content (AvgIpc) is 2.31. The lowest BCUT2D eigenvalue weighted by atomic mass is 10.2. The van der Waals surface area contributed by atoms with Crippen LogP contribution in [-0.4, -0.2) is 30.6 Å². The van der Waals surface area contributed by atoms with Crippen LogP contribution >= 0.6 is 15.9 Å². The van der Waals surface area contributed by atoms with Gasteiger partial charge in [0.2, 0.25) is 6.54 Å². The lowest BCUT2D eigenvalue weighted by Crippen LogP contribution is -2.18. The molecule has 0 spiro atoms. The summed E-state index contributed by atoms with van der Waals surface area (Å²) < 4.78 is 7.25. The zero-order valence-electron chi connectivity index (χ0n) is 9.85. The normalized spacial score (nSPS) is 11.1. The molecule has 1 rings (SSSR count). The maximum absolute atomic E-state index is 11.2. The molecule has 5 heteroatoms. The van der Waals surface area contributed by atoms with Gasteiger partial charge in [-0.1, -0.05) is 28.1 Å². The minimum absolute atomic E-state index is 0.352. The Morgan fingerprint density at radius 1 is 1.41 bits per heavy atom. The van der Waals surface area contributed by atoms with Crippen molar-refractivity contribution in [2.75, 3.05) is 13.7 Å². The predicted octanol–water partition coefficient (Wildman–Crippen LogP) is 2.16. The molecular formula is C12H15BrNO3+. The third-order valence-corrected chi connectivity index (χ3v) is 2.55. The topological polar surface area (TPSA) is 38.5 Å². The molecule has 0 fully saturated rings. The van der Waals surface area contributed by atoms with E-state index in [9.17, 15) is 4.79 Å². The summed E-state index contributed by atoms with van der Waals surface area (Å²) in [6.45, 7) is 2.60. The molecule has 17 heavy (non-hydrogen) atoms. The number of hydrogen-bond donors (Lipinski definition) is 0. The number of carbonyl (C=O) groups excluding carboxylic acids is 1. The van der Waals surface area contributed by atoms with Crippen LogP contribution in [0.1, 0.15) is 12.5 Å². The highest BCUT2D eigenvalue weighted by molar-refractivity contribution is 9.10. The SMILES string of the molecule is CCOC(=O)/C=[N+](/Cc1ccc(Br)cc1)OC. The van der Waals surface area contributed by atoms with Gasteiger partial charge in [0.1, 0.15) is 7.11 Å². The quantitative estimate of drug-likeness (QED) is 0.362. The number of rotatable bonds is 5. The number of ether oxygens (including phenoxy) is 1. The number of benzene rings is 1. The summed E-state index contributed by atoms with van der Waals surface area (Å²) in [5.41, 5.74) is 1.04. The highest BCUT2D eigenvalue weighted by Crippen LogP contribution is 2.10. The van der Waals surface area contributed by atoms with Gasteiger partial charge in [-0.15, -0.1) is 0 Å². The zero-order valence-corrected chi connectivity index (χ0v) is 11.4. The molecule has 0 atom stereocenters. The molecule has 4 nitrogen and oxygen atoms in total. The van der Waals surface area contributed by atoms with Crippen LogP contribution in [0.4, 0.5) is 0 Å². The third kappa shape index (κ3) is 4.99. The first kappa shape index (κ1) is 13.7. The van der Waals surface area contributed by atoms with E-state index in [1.165, 1.54) is 18.1 Å². The van der Waals surface area contributed by atoms with Gasteiger partial charge in [0, 0.05) is 10.0 Å². The van der Waals surface area contributed by atoms with Gasteiger partial charge in [-0.3, -0.25) is 4.84 Å². The fourth-order valence-electron chi connectivity index (χ4n) is 1.23. The van der Waals surface area contributed by atoms with E-state index in [0.29, 0.717) is 13.2 Å². The Labute approximate surface area is 109 Å². The molecule has 0 radical (unpaired) electrons. The standard InChI is InChI=1S/C12H15BrNO3/c1-3-17-12(15)9-14(16-2)8-10-4-6-11(13)7-5-10/h4-7,9H,3,8H2,1-2H3/q+1/b14-9-. The minimum atomic E-state index is -0.411. The summed E-state index contributed by atoms with van der Waals surface area (Å²) in [5, 5.41) is 0. The Hall–Kier alpha value is -1.36. The number of carbonyl (C=O) groups is 1. The summed E-state index contributed by atoms with van der Waals surface area (Å²) in [5.74, 6) is -0.411. The smallest absolute Gasteiger partial charge is 0.400 e. The van der Waals surface area contributed by atoms with E-state index < -0.39 is 5.97 Å². The molecule has 0 saturated heterocycles. The number of esters is 1. The van der Waals surface area contributed by atoms with E-state index >= 15 is 0 Å². The number of halogens is 1. The molecule has 0 aliphatic rings. The largest absolute Gasteiger partial charge is 0.458 e. The van der Waals surface area contributed by atoms with Gasteiger partial charge in [0.25, 0.3) is 6.21 Å². The van der Waals surface area contributed by atoms with Crippen molar-refractivity contribution in [2.45, 2.75) is 13.5 Å². The highest BCUT2D eigenvalue weighted by atomic mass is 79.9. The van der Waals surface area contributed by atoms with E-state index in [2.05, 4.69) is 15.9 Å². The van der Waals surface area contributed by atoms with Crippen molar-refractivity contribution < 1.29 is 19.1 Å². The lowest BCUT2D eigenvalue weighted by Gasteiger charge is -2.00. The Bertz CT molecular complexity index is 401. The van der Waals surface area contributed by atoms with E-state index in [-0.39, 0.29) is 0 Å². The third-order valence-electron chi connectivity index (χ3n) is 2.02. The maximum atomic E-state index is 11.2. The van der Waals surface area contributed by atoms with Crippen LogP contribution in [0.15, 0.2) is 28.7 Å². The van der Waals surface area contributed by atoms with Crippen LogP contribution in [0, 0.1) is 0 Å². The van der Waals surface area contributed by atoms with Gasteiger partial charge in [0.05, 0.1) is 6.61 Å². The van der Waals surface area contributed by atoms with Crippen molar-refractivity contribution >= 4 is 28.1 Å². The molecule has 0 aliphatic heterocycles. The Balaban J connectivity index is 2.69. The van der Waals surface area contributed by atoms with Crippen molar-refractivity contribution in [2.24, 2.45) is 0 Å². The van der Waals surface area contributed by atoms with Crippen LogP contribution in [0.5, 0.6) is 0 Å². The van der Waals surface area contributed by atoms with E-state index in [1.807, 2.05) is 24.3 Å². The maximum Gasteiger partial charge on any atom is 0.400 e. The number of hydroxylamine groups is 1. The Morgan fingerprint density at radius 3 is 2.59 bits per heavy atom. The second-order valence-corrected chi connectivity index (χ2v) is 4.18. The van der Waals surface area contributed by atoms with Crippen LogP contribution in [0.3, 0.4) is 0 Å². The highest BCUT2D eigenvalue weighted by Gasteiger charge is 2.11. The van der Waals surface area contributed by atoms with Crippen LogP contribution in [-0.2, 0) is 20.9 Å². The van der Waals surface area contributed by atoms with Crippen molar-refractivity contribution in [3.8, 4) is 0 Å². The first-order valence-electron chi connectivity index (χ1n) is 5.22. The van der Waals surface area contributed by atoms with Gasteiger partial charge in [-0.05, 0) is 23.8 Å². The van der Waals surface area contributed by atoms with E-state index in [4.69, 9.17) is 9.57 Å². The van der Waals surface area contributed by atoms with Crippen molar-refractivity contribution in [1.82, 2.24) is 0 Å². The Morgan fingerprint density at radius 2 is 2.06 bits per heavy atom. The number of nitrogens with zero attached hydrogens (tertiary/aromatic N) is 1. The zero-order chi connectivity index (χ0) is 12.7. The summed E-state index contributed by atoms with van der Waals surface area (Å²) in [7, 11) is 1.51. The van der Waals surface area contributed by atoms with E-state index in [0.717, 1.165) is 10.0 Å². The fraction of sp³-hybridized carbons (Fsp3) is 0.333. The minimum Gasteiger partial charge on any atom is -0.458 e. The molecule has 0 amide bonds. The van der Waals surface area contributed by atoms with Gasteiger partial charge in [-0.25, -0.2) is 4.79 Å². The van der Waals surface area contributed by atoms with E-state index in [1.54, 1.807) is 6.92 Å². The van der Waals surface area contributed by atoms with Gasteiger partial charge in [-0.2, -0.15) is 0 Å². The molecule has 0 heterocycles. The molecule has 0 aromatic heterocycles. The molecule has 0 bridgehead atoms. The van der Waals surface area contributed by atoms with Gasteiger partial charge >= 0.3 is 5.97 Å². The fourth-order valence-corrected chi connectivity index (χ4v) is 1.49. The van der Waals surface area contributed by atoms with Crippen LogP contribution < -0.4 is 0 Å². The van der Waals surface area contributed by atoms with Crippen molar-refractivity contribution in [3.05, 3.63) is 34.3 Å². The summed E-state index contributed by atoms with van der Waals surface area (Å²) >= 11 is 3.36. The molecule has 0 unspecified atom stereocenters. The molecular weight excluding hydrogens is 286 g/mol. The molecule has 0 aliphatic carbocycles. The monoisotopic (exact) mass is 300 g/mol. The molecule has 1 aromatic carbocycles. The summed E-state index contributed by atoms with van der Waals surface area (Å²) in [4.78, 5) is 16.3. The lowest BCUT2D eigenvalue weighted by molar-refractivity contribution is -0.788. The first-order valence-corrected chi connectivity index (χ1v) is 6.01. The molecule has 1 aromatic rings. The summed E-state index contributed by atoms with van der Waals surface area (Å²) in [6.07, 6.45) is 1.30. The molecule has 0 N–H and O–H groups in total. The van der Waals surface area contributed by atoms with Crippen LogP contribution in [0.2, 0.25) is 0 Å². The van der Waals surface area contributed by atoms with Crippen molar-refractivity contribution in [1.29, 1.82) is 0 Å². The van der Waals surface area contributed by atoms with Crippen LogP contribution in [0.25, 0.3) is 0 Å². The first-order chi connectivity index (χ1) is 8.15. The second-order valence-electron chi connectivity index (χ2n) is 3.27. The molecule has 0 saturated carbocycles. The Kier molecular flexibility index (Phi) is 5.69. The van der Waals surface area contributed by atoms with Gasteiger partial charge < -0.3 is 4.74 Å². The second kappa shape index (κ2) is 7.06. The average molecular weight is 301 g/mol. The summed E-state index contributed by atoms with van der Waals surface area (Å²) in [6, 6.07) is 7.78. The van der Waals surface area contributed by atoms with Gasteiger partial charge in [0.15, 0.2) is 0 Å². The van der Waals surface area contributed by atoms with Crippen molar-refractivity contribution in [3.63, 3.8) is 0 Å². The number of hydrogen-bond acceptors (Lipinski definition) is 3. The molecule has 92 valence electrons.